The molecule has 106 valence electrons. The molecule has 0 spiro atoms. The van der Waals surface area contributed by atoms with Crippen LogP contribution in [0.2, 0.25) is 0 Å². The van der Waals surface area contributed by atoms with Crippen LogP contribution in [-0.4, -0.2) is 35.2 Å². The standard InChI is InChI=1S/C13H19BrN2O2S/c1-3-15(4-2)7-8-19-10-11-5-6-12(14)13(9-11)16(17)18/h5-6,9H,3-4,7-8,10H2,1-2H3. The van der Waals surface area contributed by atoms with E-state index in [1.165, 1.54) is 0 Å². The summed E-state index contributed by atoms with van der Waals surface area (Å²) in [7, 11) is 0. The Morgan fingerprint density at radius 1 is 1.37 bits per heavy atom. The average molecular weight is 347 g/mol. The minimum atomic E-state index is -0.353. The van der Waals surface area contributed by atoms with Crippen molar-refractivity contribution in [3.63, 3.8) is 0 Å². The number of hydrogen-bond donors (Lipinski definition) is 0. The van der Waals surface area contributed by atoms with Gasteiger partial charge in [0.2, 0.25) is 0 Å². The Kier molecular flexibility index (Phi) is 7.41. The van der Waals surface area contributed by atoms with Crippen LogP contribution in [0, 0.1) is 10.1 Å². The van der Waals surface area contributed by atoms with Crippen molar-refractivity contribution >= 4 is 33.4 Å². The molecule has 0 N–H and O–H groups in total. The third-order valence-corrected chi connectivity index (χ3v) is 4.60. The molecule has 0 aliphatic rings. The van der Waals surface area contributed by atoms with Gasteiger partial charge in [0.15, 0.2) is 0 Å². The molecule has 0 radical (unpaired) electrons. The minimum absolute atomic E-state index is 0.141. The van der Waals surface area contributed by atoms with Crippen LogP contribution in [0.15, 0.2) is 22.7 Å². The summed E-state index contributed by atoms with van der Waals surface area (Å²) in [5, 5.41) is 10.8. The molecule has 19 heavy (non-hydrogen) atoms. The molecule has 6 heteroatoms. The number of nitrogens with zero attached hydrogens (tertiary/aromatic N) is 2. The van der Waals surface area contributed by atoms with Crippen molar-refractivity contribution in [1.82, 2.24) is 4.90 Å². The molecule has 0 saturated carbocycles. The van der Waals surface area contributed by atoms with Crippen molar-refractivity contribution in [3.8, 4) is 0 Å². The molecule has 0 heterocycles. The zero-order valence-corrected chi connectivity index (χ0v) is 13.7. The second kappa shape index (κ2) is 8.55. The van der Waals surface area contributed by atoms with Crippen molar-refractivity contribution in [2.24, 2.45) is 0 Å². The minimum Gasteiger partial charge on any atom is -0.303 e. The van der Waals surface area contributed by atoms with E-state index in [1.54, 1.807) is 12.1 Å². The van der Waals surface area contributed by atoms with E-state index in [9.17, 15) is 10.1 Å². The molecule has 0 bridgehead atoms. The van der Waals surface area contributed by atoms with Gasteiger partial charge < -0.3 is 4.90 Å². The van der Waals surface area contributed by atoms with Crippen molar-refractivity contribution < 1.29 is 4.92 Å². The van der Waals surface area contributed by atoms with Crippen LogP contribution < -0.4 is 0 Å². The first-order valence-electron chi connectivity index (χ1n) is 6.31. The second-order valence-corrected chi connectivity index (χ2v) is 6.08. The molecule has 1 aromatic rings. The summed E-state index contributed by atoms with van der Waals surface area (Å²) in [6.45, 7) is 7.52. The van der Waals surface area contributed by atoms with Gasteiger partial charge in [0.25, 0.3) is 5.69 Å². The SMILES string of the molecule is CCN(CC)CCSCc1ccc(Br)c([N+](=O)[O-])c1. The van der Waals surface area contributed by atoms with E-state index in [1.807, 2.05) is 17.8 Å². The zero-order chi connectivity index (χ0) is 14.3. The number of nitro benzene ring substituents is 1. The highest BCUT2D eigenvalue weighted by molar-refractivity contribution is 9.10. The van der Waals surface area contributed by atoms with Crippen molar-refractivity contribution in [2.75, 3.05) is 25.4 Å². The predicted octanol–water partition coefficient (Wildman–Crippen LogP) is 3.93. The van der Waals surface area contributed by atoms with Gasteiger partial charge in [0, 0.05) is 24.1 Å². The number of rotatable bonds is 8. The number of benzene rings is 1. The van der Waals surface area contributed by atoms with E-state index in [0.717, 1.165) is 36.7 Å². The van der Waals surface area contributed by atoms with Crippen LogP contribution in [0.4, 0.5) is 5.69 Å². The first kappa shape index (κ1) is 16.5. The lowest BCUT2D eigenvalue weighted by Gasteiger charge is -2.17. The fourth-order valence-electron chi connectivity index (χ4n) is 1.71. The zero-order valence-electron chi connectivity index (χ0n) is 11.3. The van der Waals surface area contributed by atoms with Gasteiger partial charge in [-0.05, 0) is 40.6 Å². The summed E-state index contributed by atoms with van der Waals surface area (Å²) >= 11 is 5.01. The Labute approximate surface area is 126 Å². The van der Waals surface area contributed by atoms with Crippen molar-refractivity contribution in [1.29, 1.82) is 0 Å². The molecular formula is C13H19BrN2O2S. The van der Waals surface area contributed by atoms with Crippen LogP contribution in [-0.2, 0) is 5.75 Å². The van der Waals surface area contributed by atoms with Crippen molar-refractivity contribution in [2.45, 2.75) is 19.6 Å². The summed E-state index contributed by atoms with van der Waals surface area (Å²) in [6, 6.07) is 5.33. The lowest BCUT2D eigenvalue weighted by molar-refractivity contribution is -0.385. The Morgan fingerprint density at radius 3 is 2.63 bits per heavy atom. The highest BCUT2D eigenvalue weighted by Gasteiger charge is 2.12. The number of nitro groups is 1. The van der Waals surface area contributed by atoms with Gasteiger partial charge in [0.1, 0.15) is 0 Å². The predicted molar refractivity (Wildman–Crippen MR) is 84.7 cm³/mol. The molecule has 0 fully saturated rings. The summed E-state index contributed by atoms with van der Waals surface area (Å²) in [6.07, 6.45) is 0. The third kappa shape index (κ3) is 5.50. The first-order valence-corrected chi connectivity index (χ1v) is 8.26. The Balaban J connectivity index is 2.46. The highest BCUT2D eigenvalue weighted by atomic mass is 79.9. The normalized spacial score (nSPS) is 10.9. The van der Waals surface area contributed by atoms with Crippen LogP contribution in [0.3, 0.4) is 0 Å². The van der Waals surface area contributed by atoms with Gasteiger partial charge >= 0.3 is 0 Å². The molecule has 1 rings (SSSR count). The second-order valence-electron chi connectivity index (χ2n) is 4.12. The lowest BCUT2D eigenvalue weighted by Crippen LogP contribution is -2.25. The monoisotopic (exact) mass is 346 g/mol. The topological polar surface area (TPSA) is 46.4 Å². The molecule has 0 aromatic heterocycles. The van der Waals surface area contributed by atoms with Gasteiger partial charge in [-0.15, -0.1) is 0 Å². The van der Waals surface area contributed by atoms with Gasteiger partial charge in [-0.2, -0.15) is 11.8 Å². The van der Waals surface area contributed by atoms with E-state index in [0.29, 0.717) is 4.47 Å². The molecule has 0 atom stereocenters. The summed E-state index contributed by atoms with van der Waals surface area (Å²) in [5.41, 5.74) is 1.14. The molecule has 0 aliphatic carbocycles. The number of halogens is 1. The maximum absolute atomic E-state index is 10.8. The molecule has 0 saturated heterocycles. The molecule has 4 nitrogen and oxygen atoms in total. The Morgan fingerprint density at radius 2 is 2.05 bits per heavy atom. The maximum Gasteiger partial charge on any atom is 0.283 e. The Hall–Kier alpha value is -0.590. The lowest BCUT2D eigenvalue weighted by atomic mass is 10.2. The summed E-state index contributed by atoms with van der Waals surface area (Å²) in [4.78, 5) is 12.9. The van der Waals surface area contributed by atoms with Crippen LogP contribution in [0.25, 0.3) is 0 Å². The van der Waals surface area contributed by atoms with Gasteiger partial charge in [0.05, 0.1) is 9.40 Å². The third-order valence-electron chi connectivity index (χ3n) is 2.92. The smallest absolute Gasteiger partial charge is 0.283 e. The fourth-order valence-corrected chi connectivity index (χ4v) is 3.05. The Bertz CT molecular complexity index is 425. The van der Waals surface area contributed by atoms with Gasteiger partial charge in [-0.25, -0.2) is 0 Å². The van der Waals surface area contributed by atoms with E-state index >= 15 is 0 Å². The number of hydrogen-bond acceptors (Lipinski definition) is 4. The van der Waals surface area contributed by atoms with Gasteiger partial charge in [-0.1, -0.05) is 19.9 Å². The van der Waals surface area contributed by atoms with E-state index in [4.69, 9.17) is 0 Å². The average Bonchev–Trinajstić information content (AvgIpc) is 2.40. The largest absolute Gasteiger partial charge is 0.303 e. The van der Waals surface area contributed by atoms with Crippen molar-refractivity contribution in [3.05, 3.63) is 38.3 Å². The molecule has 0 aliphatic heterocycles. The van der Waals surface area contributed by atoms with E-state index in [2.05, 4.69) is 34.7 Å². The molecule has 1 aromatic carbocycles. The highest BCUT2D eigenvalue weighted by Crippen LogP contribution is 2.27. The van der Waals surface area contributed by atoms with Gasteiger partial charge in [-0.3, -0.25) is 10.1 Å². The summed E-state index contributed by atoms with van der Waals surface area (Å²) < 4.78 is 0.536. The maximum atomic E-state index is 10.8. The number of thioether (sulfide) groups is 1. The van der Waals surface area contributed by atoms with E-state index < -0.39 is 0 Å². The van der Waals surface area contributed by atoms with Crippen LogP contribution in [0.5, 0.6) is 0 Å². The summed E-state index contributed by atoms with van der Waals surface area (Å²) in [5.74, 6) is 1.86. The van der Waals surface area contributed by atoms with Crippen LogP contribution in [0.1, 0.15) is 19.4 Å². The van der Waals surface area contributed by atoms with E-state index in [-0.39, 0.29) is 10.6 Å². The fraction of sp³-hybridized carbons (Fsp3) is 0.538. The molecular weight excluding hydrogens is 328 g/mol. The molecule has 0 amide bonds. The first-order chi connectivity index (χ1) is 9.08. The quantitative estimate of drug-likeness (QED) is 0.406. The van der Waals surface area contributed by atoms with Crippen LogP contribution >= 0.6 is 27.7 Å². The molecule has 0 unspecified atom stereocenters.